The van der Waals surface area contributed by atoms with Crippen LogP contribution < -0.4 is 0 Å². The molecule has 6 heteroatoms. The van der Waals surface area contributed by atoms with Crippen molar-refractivity contribution in [2.75, 3.05) is 0 Å². The molecule has 1 fully saturated rings. The highest BCUT2D eigenvalue weighted by Gasteiger charge is 2.32. The number of hydrogen-bond acceptors (Lipinski definition) is 5. The SMILES string of the molecule is CC(c1nc(-c2ncn[nH]2)no1)C1CC1. The van der Waals surface area contributed by atoms with Crippen molar-refractivity contribution < 1.29 is 4.52 Å². The Balaban J connectivity index is 1.87. The molecule has 1 N–H and O–H groups in total. The molecule has 0 bridgehead atoms. The summed E-state index contributed by atoms with van der Waals surface area (Å²) in [4.78, 5) is 8.27. The number of aromatic nitrogens is 5. The predicted molar refractivity (Wildman–Crippen MR) is 50.8 cm³/mol. The highest BCUT2D eigenvalue weighted by Crippen LogP contribution is 2.41. The molecule has 0 saturated heterocycles. The third-order valence-corrected chi connectivity index (χ3v) is 2.79. The number of aromatic amines is 1. The first-order chi connectivity index (χ1) is 7.34. The largest absolute Gasteiger partial charge is 0.339 e. The summed E-state index contributed by atoms with van der Waals surface area (Å²) in [5.74, 6) is 2.80. The van der Waals surface area contributed by atoms with E-state index in [9.17, 15) is 0 Å². The zero-order valence-corrected chi connectivity index (χ0v) is 8.34. The maximum Gasteiger partial charge on any atom is 0.239 e. The van der Waals surface area contributed by atoms with Crippen molar-refractivity contribution in [3.8, 4) is 11.6 Å². The van der Waals surface area contributed by atoms with Gasteiger partial charge in [0.2, 0.25) is 11.7 Å². The van der Waals surface area contributed by atoms with E-state index in [1.54, 1.807) is 0 Å². The first-order valence-electron chi connectivity index (χ1n) is 5.04. The zero-order chi connectivity index (χ0) is 10.3. The molecule has 2 aromatic heterocycles. The predicted octanol–water partition coefficient (Wildman–Crippen LogP) is 1.37. The Kier molecular flexibility index (Phi) is 1.80. The lowest BCUT2D eigenvalue weighted by atomic mass is 10.1. The standard InChI is InChI=1S/C9H11N5O/c1-5(6-2-3-6)9-12-8(14-15-9)7-10-4-11-13-7/h4-6H,2-3H2,1H3,(H,10,11,13). The molecular weight excluding hydrogens is 194 g/mol. The second-order valence-electron chi connectivity index (χ2n) is 3.92. The summed E-state index contributed by atoms with van der Waals surface area (Å²) in [7, 11) is 0. The molecule has 0 spiro atoms. The summed E-state index contributed by atoms with van der Waals surface area (Å²) in [6.45, 7) is 2.12. The third-order valence-electron chi connectivity index (χ3n) is 2.79. The normalized spacial score (nSPS) is 17.9. The summed E-state index contributed by atoms with van der Waals surface area (Å²) in [6, 6.07) is 0. The van der Waals surface area contributed by atoms with Crippen molar-refractivity contribution in [3.05, 3.63) is 12.2 Å². The lowest BCUT2D eigenvalue weighted by molar-refractivity contribution is 0.349. The van der Waals surface area contributed by atoms with Gasteiger partial charge >= 0.3 is 0 Å². The van der Waals surface area contributed by atoms with Crippen molar-refractivity contribution in [3.63, 3.8) is 0 Å². The average Bonchev–Trinajstić information content (AvgIpc) is 2.80. The number of rotatable bonds is 3. The maximum atomic E-state index is 5.20. The summed E-state index contributed by atoms with van der Waals surface area (Å²) < 4.78 is 5.20. The van der Waals surface area contributed by atoms with Crippen LogP contribution in [0.1, 0.15) is 31.6 Å². The molecule has 0 aromatic carbocycles. The molecule has 2 aromatic rings. The van der Waals surface area contributed by atoms with Gasteiger partial charge in [-0.3, -0.25) is 5.10 Å². The number of nitrogens with zero attached hydrogens (tertiary/aromatic N) is 4. The van der Waals surface area contributed by atoms with Crippen LogP contribution in [0, 0.1) is 5.92 Å². The van der Waals surface area contributed by atoms with Gasteiger partial charge in [-0.1, -0.05) is 12.1 Å². The van der Waals surface area contributed by atoms with Crippen LogP contribution in [0.2, 0.25) is 0 Å². The molecule has 1 aliphatic rings. The van der Waals surface area contributed by atoms with E-state index < -0.39 is 0 Å². The van der Waals surface area contributed by atoms with Gasteiger partial charge in [-0.2, -0.15) is 10.1 Å². The molecule has 6 nitrogen and oxygen atoms in total. The third kappa shape index (κ3) is 1.51. The van der Waals surface area contributed by atoms with Gasteiger partial charge in [-0.25, -0.2) is 4.98 Å². The van der Waals surface area contributed by atoms with Crippen LogP contribution in [0.5, 0.6) is 0 Å². The Hall–Kier alpha value is -1.72. The molecule has 15 heavy (non-hydrogen) atoms. The molecule has 3 rings (SSSR count). The number of hydrogen-bond donors (Lipinski definition) is 1. The summed E-state index contributed by atoms with van der Waals surface area (Å²) in [5.41, 5.74) is 0. The fraction of sp³-hybridized carbons (Fsp3) is 0.556. The quantitative estimate of drug-likeness (QED) is 0.818. The molecule has 1 aliphatic carbocycles. The smallest absolute Gasteiger partial charge is 0.239 e. The lowest BCUT2D eigenvalue weighted by Gasteiger charge is -2.00. The first-order valence-corrected chi connectivity index (χ1v) is 5.04. The van der Waals surface area contributed by atoms with Crippen molar-refractivity contribution >= 4 is 0 Å². The van der Waals surface area contributed by atoms with E-state index in [-0.39, 0.29) is 0 Å². The van der Waals surface area contributed by atoms with E-state index in [1.807, 2.05) is 0 Å². The van der Waals surface area contributed by atoms with Crippen LogP contribution in [0.15, 0.2) is 10.9 Å². The van der Waals surface area contributed by atoms with Crippen molar-refractivity contribution in [2.24, 2.45) is 5.92 Å². The molecule has 1 saturated carbocycles. The van der Waals surface area contributed by atoms with E-state index in [2.05, 4.69) is 32.2 Å². The maximum absolute atomic E-state index is 5.20. The monoisotopic (exact) mass is 205 g/mol. The minimum atomic E-state index is 0.356. The Morgan fingerprint density at radius 1 is 1.53 bits per heavy atom. The van der Waals surface area contributed by atoms with Gasteiger partial charge < -0.3 is 4.52 Å². The second kappa shape index (κ2) is 3.15. The summed E-state index contributed by atoms with van der Waals surface area (Å²) in [6.07, 6.45) is 3.96. The molecule has 0 amide bonds. The van der Waals surface area contributed by atoms with E-state index in [0.717, 1.165) is 0 Å². The molecule has 1 atom stereocenters. The molecule has 0 radical (unpaired) electrons. The number of nitrogens with one attached hydrogen (secondary N) is 1. The lowest BCUT2D eigenvalue weighted by Crippen LogP contribution is -1.95. The van der Waals surface area contributed by atoms with E-state index >= 15 is 0 Å². The summed E-state index contributed by atoms with van der Waals surface area (Å²) in [5, 5.41) is 10.3. The van der Waals surface area contributed by atoms with E-state index in [4.69, 9.17) is 4.52 Å². The minimum Gasteiger partial charge on any atom is -0.339 e. The molecule has 78 valence electrons. The Bertz CT molecular complexity index is 445. The number of H-pyrrole nitrogens is 1. The van der Waals surface area contributed by atoms with Crippen molar-refractivity contribution in [1.29, 1.82) is 0 Å². The van der Waals surface area contributed by atoms with Crippen LogP contribution in [0.25, 0.3) is 11.6 Å². The van der Waals surface area contributed by atoms with Gasteiger partial charge in [0.25, 0.3) is 0 Å². The Labute approximate surface area is 86.1 Å². The van der Waals surface area contributed by atoms with Crippen LogP contribution in [-0.2, 0) is 0 Å². The van der Waals surface area contributed by atoms with E-state index in [1.165, 1.54) is 19.2 Å². The second-order valence-corrected chi connectivity index (χ2v) is 3.92. The highest BCUT2D eigenvalue weighted by atomic mass is 16.5. The van der Waals surface area contributed by atoms with Crippen LogP contribution in [-0.4, -0.2) is 25.3 Å². The van der Waals surface area contributed by atoms with Gasteiger partial charge in [-0.15, -0.1) is 0 Å². The summed E-state index contributed by atoms with van der Waals surface area (Å²) >= 11 is 0. The van der Waals surface area contributed by atoms with Crippen LogP contribution in [0.3, 0.4) is 0 Å². The fourth-order valence-electron chi connectivity index (χ4n) is 1.63. The van der Waals surface area contributed by atoms with Gasteiger partial charge in [0.05, 0.1) is 0 Å². The average molecular weight is 205 g/mol. The topological polar surface area (TPSA) is 80.5 Å². The first kappa shape index (κ1) is 8.58. The molecule has 2 heterocycles. The minimum absolute atomic E-state index is 0.356. The van der Waals surface area contributed by atoms with Gasteiger partial charge in [0.15, 0.2) is 5.82 Å². The van der Waals surface area contributed by atoms with Crippen LogP contribution in [0.4, 0.5) is 0 Å². The van der Waals surface area contributed by atoms with Gasteiger partial charge in [-0.05, 0) is 18.8 Å². The Morgan fingerprint density at radius 3 is 3.07 bits per heavy atom. The van der Waals surface area contributed by atoms with Crippen LogP contribution >= 0.6 is 0 Å². The Morgan fingerprint density at radius 2 is 2.40 bits per heavy atom. The van der Waals surface area contributed by atoms with Crippen molar-refractivity contribution in [1.82, 2.24) is 25.3 Å². The van der Waals surface area contributed by atoms with Gasteiger partial charge in [0.1, 0.15) is 6.33 Å². The fourth-order valence-corrected chi connectivity index (χ4v) is 1.63. The van der Waals surface area contributed by atoms with Crippen molar-refractivity contribution in [2.45, 2.75) is 25.7 Å². The zero-order valence-electron chi connectivity index (χ0n) is 8.34. The van der Waals surface area contributed by atoms with Gasteiger partial charge in [0, 0.05) is 5.92 Å². The molecule has 0 aliphatic heterocycles. The molecule has 1 unspecified atom stereocenters. The molecular formula is C9H11N5O. The van der Waals surface area contributed by atoms with E-state index in [0.29, 0.717) is 29.4 Å². The highest BCUT2D eigenvalue weighted by molar-refractivity contribution is 5.39.